The van der Waals surface area contributed by atoms with E-state index in [9.17, 15) is 0 Å². The second-order valence-electron chi connectivity index (χ2n) is 3.95. The Labute approximate surface area is 103 Å². The molecule has 0 saturated heterocycles. The zero-order chi connectivity index (χ0) is 12.7. The summed E-state index contributed by atoms with van der Waals surface area (Å²) in [5, 5.41) is 0. The molecule has 1 rings (SSSR count). The maximum atomic E-state index is 6.07. The van der Waals surface area contributed by atoms with Gasteiger partial charge in [0.15, 0.2) is 0 Å². The Morgan fingerprint density at radius 1 is 1.18 bits per heavy atom. The zero-order valence-electron chi connectivity index (χ0n) is 10.7. The predicted octanol–water partition coefficient (Wildman–Crippen LogP) is 1.75. The quantitative estimate of drug-likeness (QED) is 0.787. The second-order valence-corrected chi connectivity index (χ2v) is 3.95. The Morgan fingerprint density at radius 3 is 2.53 bits per heavy atom. The fraction of sp³-hybridized carbons (Fsp3) is 0.538. The van der Waals surface area contributed by atoms with E-state index in [-0.39, 0.29) is 12.1 Å². The first-order valence-electron chi connectivity index (χ1n) is 5.68. The molecular weight excluding hydrogens is 218 g/mol. The summed E-state index contributed by atoms with van der Waals surface area (Å²) >= 11 is 0. The van der Waals surface area contributed by atoms with Crippen LogP contribution < -0.4 is 10.5 Å². The minimum absolute atomic E-state index is 0.0424. The largest absolute Gasteiger partial charge is 0.496 e. The molecule has 0 aliphatic rings. The Balaban J connectivity index is 2.54. The van der Waals surface area contributed by atoms with Crippen molar-refractivity contribution in [2.45, 2.75) is 19.1 Å². The number of methoxy groups -OCH3 is 2. The number of hydrogen-bond acceptors (Lipinski definition) is 4. The molecule has 17 heavy (non-hydrogen) atoms. The molecule has 1 aromatic rings. The van der Waals surface area contributed by atoms with Crippen molar-refractivity contribution >= 4 is 0 Å². The summed E-state index contributed by atoms with van der Waals surface area (Å²) in [6, 6.07) is 7.52. The van der Waals surface area contributed by atoms with Gasteiger partial charge < -0.3 is 19.9 Å². The topological polar surface area (TPSA) is 53.7 Å². The second kappa shape index (κ2) is 7.27. The molecule has 0 heterocycles. The molecule has 0 radical (unpaired) electrons. The van der Waals surface area contributed by atoms with Crippen LogP contribution in [0.3, 0.4) is 0 Å². The lowest BCUT2D eigenvalue weighted by Gasteiger charge is -2.18. The van der Waals surface area contributed by atoms with Crippen molar-refractivity contribution in [1.82, 2.24) is 0 Å². The van der Waals surface area contributed by atoms with Crippen LogP contribution in [0.1, 0.15) is 18.5 Å². The van der Waals surface area contributed by atoms with Gasteiger partial charge in [0.05, 0.1) is 32.5 Å². The SMILES string of the molecule is COCC(C)OCC(N)c1ccccc1OC. The summed E-state index contributed by atoms with van der Waals surface area (Å²) in [7, 11) is 3.29. The van der Waals surface area contributed by atoms with E-state index in [2.05, 4.69) is 0 Å². The number of nitrogens with two attached hydrogens (primary N) is 1. The summed E-state index contributed by atoms with van der Waals surface area (Å²) in [5.74, 6) is 0.794. The Morgan fingerprint density at radius 2 is 1.88 bits per heavy atom. The first-order chi connectivity index (χ1) is 8.19. The number of hydrogen-bond donors (Lipinski definition) is 1. The molecule has 2 N–H and O–H groups in total. The van der Waals surface area contributed by atoms with Gasteiger partial charge in [-0.05, 0) is 13.0 Å². The van der Waals surface area contributed by atoms with Crippen molar-refractivity contribution in [2.24, 2.45) is 5.73 Å². The van der Waals surface area contributed by atoms with Crippen LogP contribution in [0.2, 0.25) is 0 Å². The van der Waals surface area contributed by atoms with Crippen molar-refractivity contribution in [3.63, 3.8) is 0 Å². The van der Waals surface area contributed by atoms with Crippen molar-refractivity contribution in [2.75, 3.05) is 27.4 Å². The Hall–Kier alpha value is -1.10. The van der Waals surface area contributed by atoms with Gasteiger partial charge in [0.2, 0.25) is 0 Å². The maximum Gasteiger partial charge on any atom is 0.123 e. The highest BCUT2D eigenvalue weighted by atomic mass is 16.5. The van der Waals surface area contributed by atoms with Crippen LogP contribution in [0.5, 0.6) is 5.75 Å². The van der Waals surface area contributed by atoms with E-state index < -0.39 is 0 Å². The average Bonchev–Trinajstić information content (AvgIpc) is 2.36. The van der Waals surface area contributed by atoms with E-state index in [1.54, 1.807) is 14.2 Å². The molecule has 0 bridgehead atoms. The number of rotatable bonds is 7. The van der Waals surface area contributed by atoms with Crippen LogP contribution in [-0.4, -0.2) is 33.5 Å². The summed E-state index contributed by atoms with van der Waals surface area (Å²) in [6.07, 6.45) is 0.0424. The number of benzene rings is 1. The van der Waals surface area contributed by atoms with Crippen molar-refractivity contribution in [3.8, 4) is 5.75 Å². The minimum Gasteiger partial charge on any atom is -0.496 e. The van der Waals surface area contributed by atoms with Crippen LogP contribution in [0.25, 0.3) is 0 Å². The maximum absolute atomic E-state index is 6.07. The molecule has 0 aliphatic heterocycles. The molecule has 0 aromatic heterocycles. The summed E-state index contributed by atoms with van der Waals surface area (Å²) in [4.78, 5) is 0. The highest BCUT2D eigenvalue weighted by Crippen LogP contribution is 2.23. The first-order valence-corrected chi connectivity index (χ1v) is 5.68. The van der Waals surface area contributed by atoms with E-state index >= 15 is 0 Å². The van der Waals surface area contributed by atoms with Crippen LogP contribution >= 0.6 is 0 Å². The first kappa shape index (κ1) is 14.0. The minimum atomic E-state index is -0.189. The van der Waals surface area contributed by atoms with E-state index in [0.29, 0.717) is 13.2 Å². The molecular formula is C13H21NO3. The van der Waals surface area contributed by atoms with Crippen LogP contribution in [0.15, 0.2) is 24.3 Å². The van der Waals surface area contributed by atoms with Gasteiger partial charge in [-0.3, -0.25) is 0 Å². The zero-order valence-corrected chi connectivity index (χ0v) is 10.7. The third kappa shape index (κ3) is 4.34. The van der Waals surface area contributed by atoms with Crippen molar-refractivity contribution < 1.29 is 14.2 Å². The molecule has 0 spiro atoms. The number of ether oxygens (including phenoxy) is 3. The smallest absolute Gasteiger partial charge is 0.123 e. The van der Waals surface area contributed by atoms with Gasteiger partial charge in [-0.1, -0.05) is 18.2 Å². The van der Waals surface area contributed by atoms with Crippen LogP contribution in [0, 0.1) is 0 Å². The molecule has 4 heteroatoms. The normalized spacial score (nSPS) is 14.4. The van der Waals surface area contributed by atoms with E-state index in [1.165, 1.54) is 0 Å². The van der Waals surface area contributed by atoms with Gasteiger partial charge in [-0.2, -0.15) is 0 Å². The highest BCUT2D eigenvalue weighted by molar-refractivity contribution is 5.35. The Bertz CT molecular complexity index is 330. The van der Waals surface area contributed by atoms with Gasteiger partial charge in [0.1, 0.15) is 5.75 Å². The predicted molar refractivity (Wildman–Crippen MR) is 67.2 cm³/mol. The monoisotopic (exact) mass is 239 g/mol. The lowest BCUT2D eigenvalue weighted by molar-refractivity contribution is 0.00310. The van der Waals surface area contributed by atoms with Crippen LogP contribution in [-0.2, 0) is 9.47 Å². The highest BCUT2D eigenvalue weighted by Gasteiger charge is 2.12. The summed E-state index contributed by atoms with van der Waals surface area (Å²) < 4.78 is 15.8. The van der Waals surface area contributed by atoms with Gasteiger partial charge in [-0.15, -0.1) is 0 Å². The Kier molecular flexibility index (Phi) is 5.97. The van der Waals surface area contributed by atoms with Gasteiger partial charge in [-0.25, -0.2) is 0 Å². The molecule has 0 fully saturated rings. The molecule has 0 amide bonds. The third-order valence-corrected chi connectivity index (χ3v) is 2.50. The molecule has 0 aliphatic carbocycles. The average molecular weight is 239 g/mol. The van der Waals surface area contributed by atoms with Gasteiger partial charge >= 0.3 is 0 Å². The standard InChI is InChI=1S/C13H21NO3/c1-10(8-15-2)17-9-12(14)11-6-4-5-7-13(11)16-3/h4-7,10,12H,8-9,14H2,1-3H3. The fourth-order valence-corrected chi connectivity index (χ4v) is 1.61. The lowest BCUT2D eigenvalue weighted by atomic mass is 10.1. The van der Waals surface area contributed by atoms with Gasteiger partial charge in [0, 0.05) is 12.7 Å². The molecule has 1 aromatic carbocycles. The molecule has 2 atom stereocenters. The molecule has 96 valence electrons. The van der Waals surface area contributed by atoms with Crippen molar-refractivity contribution in [3.05, 3.63) is 29.8 Å². The fourth-order valence-electron chi connectivity index (χ4n) is 1.61. The summed E-state index contributed by atoms with van der Waals surface area (Å²) in [6.45, 7) is 2.97. The van der Waals surface area contributed by atoms with E-state index in [4.69, 9.17) is 19.9 Å². The molecule has 4 nitrogen and oxygen atoms in total. The summed E-state index contributed by atoms with van der Waals surface area (Å²) in [5.41, 5.74) is 7.03. The van der Waals surface area contributed by atoms with Gasteiger partial charge in [0.25, 0.3) is 0 Å². The van der Waals surface area contributed by atoms with E-state index in [1.807, 2.05) is 31.2 Å². The molecule has 2 unspecified atom stereocenters. The lowest BCUT2D eigenvalue weighted by Crippen LogP contribution is -2.23. The molecule has 0 saturated carbocycles. The third-order valence-electron chi connectivity index (χ3n) is 2.50. The van der Waals surface area contributed by atoms with Crippen LogP contribution in [0.4, 0.5) is 0 Å². The van der Waals surface area contributed by atoms with E-state index in [0.717, 1.165) is 11.3 Å². The van der Waals surface area contributed by atoms with Crippen molar-refractivity contribution in [1.29, 1.82) is 0 Å². The number of para-hydroxylation sites is 1.